The highest BCUT2D eigenvalue weighted by Gasteiger charge is 2.35. The number of halogens is 4. The quantitative estimate of drug-likeness (QED) is 0.205. The summed E-state index contributed by atoms with van der Waals surface area (Å²) in [6, 6.07) is 1.96. The fourth-order valence-corrected chi connectivity index (χ4v) is 2.35. The Bertz CT molecular complexity index is 1110. The first-order valence-electron chi connectivity index (χ1n) is 7.86. The zero-order valence-electron chi connectivity index (χ0n) is 14.2. The average Bonchev–Trinajstić information content (AvgIpc) is 3.27. The molecule has 0 aliphatic carbocycles. The fourth-order valence-electron chi connectivity index (χ4n) is 2.35. The standard InChI is InChI=1S/C14H10F4N8O3/c15-9-3-2-7(6-8(9)14(16,17)18)26-12(24-28-13(26)27)10-11(23-29-22-10)20-4-1-5-21-25-19/h2-3,6H,1,4-5H2,(H,20,23). The van der Waals surface area contributed by atoms with Gasteiger partial charge in [0.1, 0.15) is 5.82 Å². The van der Waals surface area contributed by atoms with E-state index in [1.165, 1.54) is 0 Å². The molecular weight excluding hydrogens is 404 g/mol. The Morgan fingerprint density at radius 1 is 1.28 bits per heavy atom. The molecule has 152 valence electrons. The number of anilines is 1. The minimum atomic E-state index is -4.98. The van der Waals surface area contributed by atoms with Crippen LogP contribution in [0.3, 0.4) is 0 Å². The minimum absolute atomic E-state index is 0.0196. The molecule has 3 aromatic rings. The number of alkyl halides is 3. The summed E-state index contributed by atoms with van der Waals surface area (Å²) in [5, 5.41) is 16.8. The molecule has 1 N–H and O–H groups in total. The highest BCUT2D eigenvalue weighted by Crippen LogP contribution is 2.33. The molecule has 3 rings (SSSR count). The van der Waals surface area contributed by atoms with E-state index in [4.69, 9.17) is 5.53 Å². The van der Waals surface area contributed by atoms with Crippen molar-refractivity contribution in [1.29, 1.82) is 0 Å². The molecule has 0 fully saturated rings. The lowest BCUT2D eigenvalue weighted by atomic mass is 10.1. The normalized spacial score (nSPS) is 11.3. The maximum Gasteiger partial charge on any atom is 0.446 e. The smallest absolute Gasteiger partial charge is 0.365 e. The van der Waals surface area contributed by atoms with Crippen LogP contribution in [-0.2, 0) is 6.18 Å². The Labute approximate surface area is 157 Å². The Morgan fingerprint density at radius 3 is 2.79 bits per heavy atom. The van der Waals surface area contributed by atoms with E-state index in [9.17, 15) is 22.4 Å². The van der Waals surface area contributed by atoms with E-state index in [0.29, 0.717) is 23.1 Å². The third-order valence-electron chi connectivity index (χ3n) is 3.61. The van der Waals surface area contributed by atoms with Crippen molar-refractivity contribution in [3.63, 3.8) is 0 Å². The number of nitrogens with one attached hydrogen (secondary N) is 1. The molecule has 2 aromatic heterocycles. The molecule has 1 aromatic carbocycles. The molecule has 0 unspecified atom stereocenters. The molecule has 0 atom stereocenters. The molecule has 0 aliphatic heterocycles. The first kappa shape index (κ1) is 19.9. The van der Waals surface area contributed by atoms with E-state index in [1.807, 2.05) is 0 Å². The van der Waals surface area contributed by atoms with Gasteiger partial charge in [0.15, 0.2) is 5.69 Å². The van der Waals surface area contributed by atoms with Crippen LogP contribution in [0.15, 0.2) is 37.3 Å². The second kappa shape index (κ2) is 8.02. The summed E-state index contributed by atoms with van der Waals surface area (Å²) in [5.74, 6) is -2.92. The molecule has 0 radical (unpaired) electrons. The second-order valence-electron chi connectivity index (χ2n) is 5.47. The Hall–Kier alpha value is -3.87. The number of hydrogen-bond donors (Lipinski definition) is 1. The van der Waals surface area contributed by atoms with E-state index in [-0.39, 0.29) is 36.1 Å². The van der Waals surface area contributed by atoms with Crippen LogP contribution in [0.2, 0.25) is 0 Å². The molecule has 15 heteroatoms. The summed E-state index contributed by atoms with van der Waals surface area (Å²) in [7, 11) is 0. The van der Waals surface area contributed by atoms with Crippen LogP contribution in [0.25, 0.3) is 27.6 Å². The second-order valence-corrected chi connectivity index (χ2v) is 5.47. The fraction of sp³-hybridized carbons (Fsp3) is 0.286. The van der Waals surface area contributed by atoms with Crippen LogP contribution in [0.4, 0.5) is 23.4 Å². The van der Waals surface area contributed by atoms with E-state index in [2.05, 4.69) is 40.0 Å². The van der Waals surface area contributed by atoms with Crippen molar-refractivity contribution in [2.45, 2.75) is 12.6 Å². The Morgan fingerprint density at radius 2 is 2.07 bits per heavy atom. The summed E-state index contributed by atoms with van der Waals surface area (Å²) in [6.07, 6.45) is -4.55. The van der Waals surface area contributed by atoms with Gasteiger partial charge in [-0.25, -0.2) is 18.4 Å². The van der Waals surface area contributed by atoms with Gasteiger partial charge in [0.2, 0.25) is 11.6 Å². The van der Waals surface area contributed by atoms with Crippen LogP contribution >= 0.6 is 0 Å². The molecular formula is C14H10F4N8O3. The van der Waals surface area contributed by atoms with Crippen LogP contribution < -0.4 is 11.1 Å². The molecule has 0 amide bonds. The van der Waals surface area contributed by atoms with Gasteiger partial charge in [0, 0.05) is 18.0 Å². The molecule has 0 saturated carbocycles. The van der Waals surface area contributed by atoms with Gasteiger partial charge >= 0.3 is 11.9 Å². The summed E-state index contributed by atoms with van der Waals surface area (Å²) >= 11 is 0. The number of hydrogen-bond acceptors (Lipinski definition) is 8. The lowest BCUT2D eigenvalue weighted by Gasteiger charge is -2.10. The van der Waals surface area contributed by atoms with Crippen LogP contribution in [0.5, 0.6) is 0 Å². The predicted molar refractivity (Wildman–Crippen MR) is 87.5 cm³/mol. The summed E-state index contributed by atoms with van der Waals surface area (Å²) in [4.78, 5) is 14.6. The zero-order chi connectivity index (χ0) is 21.0. The maximum atomic E-state index is 13.5. The van der Waals surface area contributed by atoms with Crippen molar-refractivity contribution in [1.82, 2.24) is 20.0 Å². The van der Waals surface area contributed by atoms with Crippen molar-refractivity contribution in [2.24, 2.45) is 5.11 Å². The summed E-state index contributed by atoms with van der Waals surface area (Å²) in [6.45, 7) is 0.478. The summed E-state index contributed by atoms with van der Waals surface area (Å²) < 4.78 is 62.3. The van der Waals surface area contributed by atoms with E-state index in [1.54, 1.807) is 0 Å². The largest absolute Gasteiger partial charge is 0.446 e. The van der Waals surface area contributed by atoms with Gasteiger partial charge in [-0.3, -0.25) is 4.52 Å². The first-order chi connectivity index (χ1) is 13.8. The molecule has 29 heavy (non-hydrogen) atoms. The van der Waals surface area contributed by atoms with Crippen molar-refractivity contribution in [2.75, 3.05) is 18.4 Å². The predicted octanol–water partition coefficient (Wildman–Crippen LogP) is 3.15. The van der Waals surface area contributed by atoms with E-state index < -0.39 is 23.3 Å². The van der Waals surface area contributed by atoms with Gasteiger partial charge < -0.3 is 5.32 Å². The number of aromatic nitrogens is 4. The van der Waals surface area contributed by atoms with Gasteiger partial charge in [0.05, 0.1) is 11.3 Å². The van der Waals surface area contributed by atoms with Gasteiger partial charge in [-0.1, -0.05) is 10.3 Å². The number of benzene rings is 1. The van der Waals surface area contributed by atoms with Crippen molar-refractivity contribution >= 4 is 5.82 Å². The molecule has 0 saturated heterocycles. The lowest BCUT2D eigenvalue weighted by Crippen LogP contribution is -2.16. The van der Waals surface area contributed by atoms with Crippen LogP contribution in [0, 0.1) is 5.82 Å². The molecule has 0 aliphatic rings. The highest BCUT2D eigenvalue weighted by molar-refractivity contribution is 5.66. The molecule has 2 heterocycles. The number of rotatable bonds is 7. The molecule has 0 spiro atoms. The third kappa shape index (κ3) is 4.19. The van der Waals surface area contributed by atoms with Crippen molar-refractivity contribution < 1.29 is 26.7 Å². The molecule has 0 bridgehead atoms. The summed E-state index contributed by atoms with van der Waals surface area (Å²) in [5.41, 5.74) is 6.18. The van der Waals surface area contributed by atoms with E-state index in [0.717, 1.165) is 6.07 Å². The zero-order valence-corrected chi connectivity index (χ0v) is 14.2. The Balaban J connectivity index is 1.98. The topological polar surface area (TPSA) is 148 Å². The van der Waals surface area contributed by atoms with Gasteiger partial charge in [0.25, 0.3) is 0 Å². The van der Waals surface area contributed by atoms with Gasteiger partial charge in [-0.2, -0.15) is 13.2 Å². The highest BCUT2D eigenvalue weighted by atomic mass is 19.4. The Kier molecular flexibility index (Phi) is 5.50. The van der Waals surface area contributed by atoms with Gasteiger partial charge in [-0.05, 0) is 40.5 Å². The average molecular weight is 414 g/mol. The number of nitrogens with zero attached hydrogens (tertiary/aromatic N) is 7. The molecule has 11 nitrogen and oxygen atoms in total. The van der Waals surface area contributed by atoms with Gasteiger partial charge in [-0.15, -0.1) is 0 Å². The van der Waals surface area contributed by atoms with Crippen LogP contribution in [-0.4, -0.2) is 33.1 Å². The van der Waals surface area contributed by atoms with Crippen molar-refractivity contribution in [3.05, 3.63) is 50.6 Å². The maximum absolute atomic E-state index is 13.5. The first-order valence-corrected chi connectivity index (χ1v) is 7.86. The number of azide groups is 1. The minimum Gasteiger partial charge on any atom is -0.365 e. The van der Waals surface area contributed by atoms with Crippen LogP contribution in [0.1, 0.15) is 12.0 Å². The van der Waals surface area contributed by atoms with Crippen molar-refractivity contribution in [3.8, 4) is 17.2 Å². The SMILES string of the molecule is [N-]=[N+]=NCCCNc1nonc1-c1noc(=O)n1-c1ccc(F)c(C(F)(F)F)c1. The third-order valence-corrected chi connectivity index (χ3v) is 3.61. The monoisotopic (exact) mass is 414 g/mol. The van der Waals surface area contributed by atoms with E-state index >= 15 is 0 Å². The lowest BCUT2D eigenvalue weighted by molar-refractivity contribution is -0.140.